The third-order valence-electron chi connectivity index (χ3n) is 3.51. The van der Waals surface area contributed by atoms with Gasteiger partial charge >= 0.3 is 0 Å². The highest BCUT2D eigenvalue weighted by atomic mass is 16.2. The third kappa shape index (κ3) is 1.17. The molecule has 0 aromatic rings. The van der Waals surface area contributed by atoms with Gasteiger partial charge in [0.05, 0.1) is 5.54 Å². The van der Waals surface area contributed by atoms with Gasteiger partial charge in [-0.3, -0.25) is 4.79 Å². The van der Waals surface area contributed by atoms with Gasteiger partial charge in [-0.15, -0.1) is 0 Å². The highest BCUT2D eigenvalue weighted by Gasteiger charge is 2.56. The Morgan fingerprint density at radius 2 is 2.15 bits per heavy atom. The Labute approximate surface area is 79.5 Å². The summed E-state index contributed by atoms with van der Waals surface area (Å²) >= 11 is 0. The summed E-state index contributed by atoms with van der Waals surface area (Å²) < 4.78 is 0. The number of rotatable bonds is 2. The van der Waals surface area contributed by atoms with Crippen molar-refractivity contribution in [2.75, 3.05) is 13.6 Å². The van der Waals surface area contributed by atoms with E-state index in [4.69, 9.17) is 0 Å². The SMILES string of the molecule is CC(C)N(C)C(=O)C12CC(CN1)C2. The quantitative estimate of drug-likeness (QED) is 0.678. The molecular formula is C10H18N2O. The number of amides is 1. The standard InChI is InChI=1S/C10H18N2O/c1-7(2)12(3)9(13)10-4-8(5-10)6-11-10/h7-8,11H,4-6H2,1-3H3. The lowest BCUT2D eigenvalue weighted by Crippen LogP contribution is -2.57. The van der Waals surface area contributed by atoms with Gasteiger partial charge in [0.2, 0.25) is 5.91 Å². The summed E-state index contributed by atoms with van der Waals surface area (Å²) in [6.07, 6.45) is 2.12. The molecule has 2 saturated heterocycles. The van der Waals surface area contributed by atoms with Gasteiger partial charge in [0.25, 0.3) is 0 Å². The Bertz CT molecular complexity index is 226. The first-order valence-electron chi connectivity index (χ1n) is 5.07. The summed E-state index contributed by atoms with van der Waals surface area (Å²) in [7, 11) is 1.90. The number of nitrogens with zero attached hydrogens (tertiary/aromatic N) is 1. The van der Waals surface area contributed by atoms with Crippen LogP contribution < -0.4 is 5.32 Å². The summed E-state index contributed by atoms with van der Waals surface area (Å²) in [6.45, 7) is 5.15. The maximum atomic E-state index is 12.0. The second kappa shape index (κ2) is 2.71. The van der Waals surface area contributed by atoms with E-state index in [9.17, 15) is 4.79 Å². The van der Waals surface area contributed by atoms with Crippen molar-refractivity contribution in [2.24, 2.45) is 5.92 Å². The minimum atomic E-state index is -0.163. The van der Waals surface area contributed by atoms with Crippen LogP contribution in [0.5, 0.6) is 0 Å². The molecule has 13 heavy (non-hydrogen) atoms. The molecule has 3 rings (SSSR count). The molecular weight excluding hydrogens is 164 g/mol. The first-order valence-corrected chi connectivity index (χ1v) is 5.07. The van der Waals surface area contributed by atoms with Gasteiger partial charge in [-0.25, -0.2) is 0 Å². The number of fused-ring (bicyclic) bond motifs is 1. The fourth-order valence-corrected chi connectivity index (χ4v) is 2.38. The van der Waals surface area contributed by atoms with Gasteiger partial charge in [-0.2, -0.15) is 0 Å². The Kier molecular flexibility index (Phi) is 1.88. The van der Waals surface area contributed by atoms with E-state index < -0.39 is 0 Å². The van der Waals surface area contributed by atoms with Crippen LogP contribution in [0, 0.1) is 5.92 Å². The van der Waals surface area contributed by atoms with E-state index in [0.29, 0.717) is 6.04 Å². The van der Waals surface area contributed by atoms with Crippen molar-refractivity contribution in [3.8, 4) is 0 Å². The molecule has 3 aliphatic rings. The lowest BCUT2D eigenvalue weighted by Gasteiger charge is -2.40. The molecule has 2 heterocycles. The Balaban J connectivity index is 2.05. The number of hydrogen-bond acceptors (Lipinski definition) is 2. The highest BCUT2D eigenvalue weighted by Crippen LogP contribution is 2.44. The number of nitrogens with one attached hydrogen (secondary N) is 1. The second-order valence-corrected chi connectivity index (χ2v) is 4.75. The van der Waals surface area contributed by atoms with Crippen molar-refractivity contribution in [1.29, 1.82) is 0 Å². The van der Waals surface area contributed by atoms with Crippen LogP contribution in [0.4, 0.5) is 0 Å². The zero-order valence-corrected chi connectivity index (χ0v) is 8.63. The molecule has 0 aromatic carbocycles. The van der Waals surface area contributed by atoms with E-state index >= 15 is 0 Å². The van der Waals surface area contributed by atoms with Crippen LogP contribution in [0.25, 0.3) is 0 Å². The minimum absolute atomic E-state index is 0.163. The normalized spacial score (nSPS) is 36.2. The van der Waals surface area contributed by atoms with Crippen molar-refractivity contribution < 1.29 is 4.79 Å². The molecule has 1 amide bonds. The van der Waals surface area contributed by atoms with Gasteiger partial charge in [0.1, 0.15) is 0 Å². The maximum absolute atomic E-state index is 12.0. The average molecular weight is 182 g/mol. The molecule has 1 aliphatic carbocycles. The zero-order valence-electron chi connectivity index (χ0n) is 8.63. The monoisotopic (exact) mass is 182 g/mol. The number of carbonyl (C=O) groups excluding carboxylic acids is 1. The molecule has 2 bridgehead atoms. The van der Waals surface area contributed by atoms with Crippen LogP contribution in [0.1, 0.15) is 26.7 Å². The molecule has 2 aliphatic heterocycles. The van der Waals surface area contributed by atoms with Crippen LogP contribution in [0.3, 0.4) is 0 Å². The average Bonchev–Trinajstić information content (AvgIpc) is 2.58. The molecule has 1 saturated carbocycles. The van der Waals surface area contributed by atoms with Crippen molar-refractivity contribution in [2.45, 2.75) is 38.3 Å². The van der Waals surface area contributed by atoms with E-state index in [2.05, 4.69) is 19.2 Å². The Hall–Kier alpha value is -0.570. The van der Waals surface area contributed by atoms with Gasteiger partial charge in [-0.05, 0) is 39.2 Å². The van der Waals surface area contributed by atoms with Crippen molar-refractivity contribution in [3.63, 3.8) is 0 Å². The molecule has 1 N–H and O–H groups in total. The van der Waals surface area contributed by atoms with Gasteiger partial charge in [0, 0.05) is 13.1 Å². The summed E-state index contributed by atoms with van der Waals surface area (Å²) in [5.74, 6) is 1.06. The Morgan fingerprint density at radius 3 is 2.54 bits per heavy atom. The molecule has 0 spiro atoms. The first kappa shape index (κ1) is 9.00. The van der Waals surface area contributed by atoms with E-state index in [1.165, 1.54) is 0 Å². The fraction of sp³-hybridized carbons (Fsp3) is 0.900. The van der Waals surface area contributed by atoms with E-state index in [0.717, 1.165) is 25.3 Å². The molecule has 0 aromatic heterocycles. The molecule has 0 atom stereocenters. The zero-order chi connectivity index (χ0) is 9.64. The van der Waals surface area contributed by atoms with Crippen molar-refractivity contribution >= 4 is 5.91 Å². The van der Waals surface area contributed by atoms with E-state index in [1.54, 1.807) is 0 Å². The number of carbonyl (C=O) groups is 1. The lowest BCUT2D eigenvalue weighted by atomic mass is 9.72. The minimum Gasteiger partial charge on any atom is -0.342 e. The van der Waals surface area contributed by atoms with Gasteiger partial charge < -0.3 is 10.2 Å². The first-order chi connectivity index (χ1) is 6.05. The summed E-state index contributed by atoms with van der Waals surface area (Å²) in [5.41, 5.74) is -0.163. The largest absolute Gasteiger partial charge is 0.342 e. The summed E-state index contributed by atoms with van der Waals surface area (Å²) in [6, 6.07) is 0.309. The van der Waals surface area contributed by atoms with Crippen LogP contribution in [0.2, 0.25) is 0 Å². The van der Waals surface area contributed by atoms with Crippen LogP contribution in [0.15, 0.2) is 0 Å². The second-order valence-electron chi connectivity index (χ2n) is 4.75. The lowest BCUT2D eigenvalue weighted by molar-refractivity contribution is -0.140. The van der Waals surface area contributed by atoms with Crippen LogP contribution in [-0.2, 0) is 4.79 Å². The molecule has 0 radical (unpaired) electrons. The molecule has 0 unspecified atom stereocenters. The van der Waals surface area contributed by atoms with Gasteiger partial charge in [-0.1, -0.05) is 0 Å². The van der Waals surface area contributed by atoms with Crippen LogP contribution in [-0.4, -0.2) is 36.0 Å². The van der Waals surface area contributed by atoms with E-state index in [-0.39, 0.29) is 11.4 Å². The molecule has 3 fully saturated rings. The Morgan fingerprint density at radius 1 is 1.54 bits per heavy atom. The summed E-state index contributed by atoms with van der Waals surface area (Å²) in [5, 5.41) is 3.35. The number of hydrogen-bond donors (Lipinski definition) is 1. The molecule has 3 nitrogen and oxygen atoms in total. The van der Waals surface area contributed by atoms with Crippen molar-refractivity contribution in [3.05, 3.63) is 0 Å². The van der Waals surface area contributed by atoms with Gasteiger partial charge in [0.15, 0.2) is 0 Å². The molecule has 74 valence electrons. The topological polar surface area (TPSA) is 32.3 Å². The van der Waals surface area contributed by atoms with E-state index in [1.807, 2.05) is 11.9 Å². The van der Waals surface area contributed by atoms with Crippen molar-refractivity contribution in [1.82, 2.24) is 10.2 Å². The number of likely N-dealkylation sites (N-methyl/N-ethyl adjacent to an activating group) is 1. The summed E-state index contributed by atoms with van der Waals surface area (Å²) in [4.78, 5) is 13.9. The smallest absolute Gasteiger partial charge is 0.242 e. The molecule has 3 heteroatoms. The highest BCUT2D eigenvalue weighted by molar-refractivity contribution is 5.88. The maximum Gasteiger partial charge on any atom is 0.242 e. The predicted octanol–water partition coefficient (Wildman–Crippen LogP) is 0.605. The predicted molar refractivity (Wildman–Crippen MR) is 51.4 cm³/mol. The third-order valence-corrected chi connectivity index (χ3v) is 3.51. The van der Waals surface area contributed by atoms with Crippen LogP contribution >= 0.6 is 0 Å². The fourth-order valence-electron chi connectivity index (χ4n) is 2.38.